The van der Waals surface area contributed by atoms with Crippen LogP contribution < -0.4 is 11.0 Å². The second-order valence-electron chi connectivity index (χ2n) is 5.23. The Bertz CT molecular complexity index is 683. The number of carbonyl (C=O) groups is 1. The SMILES string of the molecule is O=C(NC[C@H]1CCCO1)c1ccc(-c2cnc(=O)[nH]c2)cc1. The number of carbonyl (C=O) groups excluding carboxylic acids is 1. The number of benzene rings is 1. The molecule has 1 aliphatic heterocycles. The summed E-state index contributed by atoms with van der Waals surface area (Å²) in [6, 6.07) is 7.17. The number of nitrogens with one attached hydrogen (secondary N) is 2. The Labute approximate surface area is 127 Å². The van der Waals surface area contributed by atoms with Crippen molar-refractivity contribution < 1.29 is 9.53 Å². The van der Waals surface area contributed by atoms with Crippen molar-refractivity contribution >= 4 is 5.91 Å². The molecule has 114 valence electrons. The van der Waals surface area contributed by atoms with E-state index in [-0.39, 0.29) is 17.7 Å². The smallest absolute Gasteiger partial charge is 0.344 e. The summed E-state index contributed by atoms with van der Waals surface area (Å²) in [6.07, 6.45) is 5.30. The van der Waals surface area contributed by atoms with Crippen LogP contribution in [0.2, 0.25) is 0 Å². The van der Waals surface area contributed by atoms with Crippen LogP contribution in [-0.2, 0) is 4.74 Å². The molecule has 2 N–H and O–H groups in total. The van der Waals surface area contributed by atoms with Crippen LogP contribution in [0.5, 0.6) is 0 Å². The number of ether oxygens (including phenoxy) is 1. The van der Waals surface area contributed by atoms with E-state index in [1.807, 2.05) is 12.1 Å². The normalized spacial score (nSPS) is 17.4. The molecule has 1 atom stereocenters. The van der Waals surface area contributed by atoms with Gasteiger partial charge in [-0.15, -0.1) is 0 Å². The molecule has 22 heavy (non-hydrogen) atoms. The lowest BCUT2D eigenvalue weighted by Crippen LogP contribution is -2.31. The van der Waals surface area contributed by atoms with Crippen molar-refractivity contribution in [3.63, 3.8) is 0 Å². The highest BCUT2D eigenvalue weighted by atomic mass is 16.5. The first-order chi connectivity index (χ1) is 10.7. The van der Waals surface area contributed by atoms with E-state index in [1.165, 1.54) is 6.20 Å². The minimum Gasteiger partial charge on any atom is -0.376 e. The Hall–Kier alpha value is -2.47. The first-order valence-electron chi connectivity index (χ1n) is 7.27. The van der Waals surface area contributed by atoms with Crippen molar-refractivity contribution in [3.05, 3.63) is 52.7 Å². The lowest BCUT2D eigenvalue weighted by molar-refractivity contribution is 0.0858. The molecule has 6 nitrogen and oxygen atoms in total. The summed E-state index contributed by atoms with van der Waals surface area (Å²) in [5, 5.41) is 2.88. The van der Waals surface area contributed by atoms with Crippen molar-refractivity contribution in [1.29, 1.82) is 0 Å². The lowest BCUT2D eigenvalue weighted by atomic mass is 10.1. The molecule has 0 aliphatic carbocycles. The zero-order chi connectivity index (χ0) is 15.4. The number of H-pyrrole nitrogens is 1. The molecule has 0 bridgehead atoms. The molecule has 2 heterocycles. The first-order valence-corrected chi connectivity index (χ1v) is 7.27. The van der Waals surface area contributed by atoms with Crippen LogP contribution in [0, 0.1) is 0 Å². The standard InChI is InChI=1S/C16H17N3O3/c20-15(17-10-14-2-1-7-22-14)12-5-3-11(4-6-12)13-8-18-16(21)19-9-13/h3-6,8-9,14H,1-2,7,10H2,(H,17,20)(H,18,19,21)/t14-/m1/s1. The maximum absolute atomic E-state index is 12.1. The second kappa shape index (κ2) is 6.53. The van der Waals surface area contributed by atoms with Crippen molar-refractivity contribution in [2.45, 2.75) is 18.9 Å². The van der Waals surface area contributed by atoms with E-state index in [4.69, 9.17) is 4.74 Å². The third kappa shape index (κ3) is 3.40. The fraction of sp³-hybridized carbons (Fsp3) is 0.312. The molecular formula is C16H17N3O3. The predicted octanol–water partition coefficient (Wildman–Crippen LogP) is 1.35. The maximum Gasteiger partial charge on any atom is 0.344 e. The van der Waals surface area contributed by atoms with Gasteiger partial charge in [0, 0.05) is 36.7 Å². The molecule has 6 heteroatoms. The molecule has 2 aromatic rings. The molecule has 1 fully saturated rings. The van der Waals surface area contributed by atoms with Gasteiger partial charge in [0.25, 0.3) is 5.91 Å². The largest absolute Gasteiger partial charge is 0.376 e. The molecule has 3 rings (SSSR count). The van der Waals surface area contributed by atoms with Crippen LogP contribution in [0.1, 0.15) is 23.2 Å². The highest BCUT2D eigenvalue weighted by Crippen LogP contribution is 2.17. The zero-order valence-electron chi connectivity index (χ0n) is 12.0. The third-order valence-electron chi connectivity index (χ3n) is 3.67. The van der Waals surface area contributed by atoms with Crippen molar-refractivity contribution in [1.82, 2.24) is 15.3 Å². The molecular weight excluding hydrogens is 282 g/mol. The summed E-state index contributed by atoms with van der Waals surface area (Å²) >= 11 is 0. The number of nitrogens with zero attached hydrogens (tertiary/aromatic N) is 1. The van der Waals surface area contributed by atoms with Gasteiger partial charge in [0.2, 0.25) is 0 Å². The van der Waals surface area contributed by atoms with Crippen LogP contribution >= 0.6 is 0 Å². The minimum absolute atomic E-state index is 0.110. The van der Waals surface area contributed by atoms with Gasteiger partial charge in [-0.3, -0.25) is 4.79 Å². The van der Waals surface area contributed by atoms with Gasteiger partial charge in [0.05, 0.1) is 6.10 Å². The molecule has 0 unspecified atom stereocenters. The second-order valence-corrected chi connectivity index (χ2v) is 5.23. The van der Waals surface area contributed by atoms with Crippen LogP contribution in [-0.4, -0.2) is 35.1 Å². The van der Waals surface area contributed by atoms with Crippen molar-refractivity contribution in [2.75, 3.05) is 13.2 Å². The van der Waals surface area contributed by atoms with E-state index in [9.17, 15) is 9.59 Å². The molecule has 1 aromatic heterocycles. The molecule has 0 spiro atoms. The quantitative estimate of drug-likeness (QED) is 0.892. The van der Waals surface area contributed by atoms with E-state index in [0.717, 1.165) is 30.6 Å². The molecule has 1 aliphatic rings. The fourth-order valence-electron chi connectivity index (χ4n) is 2.43. The summed E-state index contributed by atoms with van der Waals surface area (Å²) in [4.78, 5) is 29.2. The van der Waals surface area contributed by atoms with Gasteiger partial charge in [-0.1, -0.05) is 12.1 Å². The highest BCUT2D eigenvalue weighted by Gasteiger charge is 2.16. The Morgan fingerprint density at radius 3 is 2.77 bits per heavy atom. The van der Waals surface area contributed by atoms with Crippen LogP contribution in [0.15, 0.2) is 41.5 Å². The summed E-state index contributed by atoms with van der Waals surface area (Å²) in [7, 11) is 0. The molecule has 1 saturated heterocycles. The minimum atomic E-state index is -0.381. The number of rotatable bonds is 4. The van der Waals surface area contributed by atoms with E-state index in [2.05, 4.69) is 15.3 Å². The Morgan fingerprint density at radius 2 is 2.14 bits per heavy atom. The number of hydrogen-bond acceptors (Lipinski definition) is 4. The summed E-state index contributed by atoms with van der Waals surface area (Å²) in [5.41, 5.74) is 1.90. The van der Waals surface area contributed by atoms with Crippen molar-refractivity contribution in [3.8, 4) is 11.1 Å². The van der Waals surface area contributed by atoms with Gasteiger partial charge in [0.15, 0.2) is 0 Å². The summed E-state index contributed by atoms with van der Waals surface area (Å²) in [6.45, 7) is 1.33. The zero-order valence-corrected chi connectivity index (χ0v) is 12.0. The Balaban J connectivity index is 1.64. The predicted molar refractivity (Wildman–Crippen MR) is 81.6 cm³/mol. The van der Waals surface area contributed by atoms with Crippen molar-refractivity contribution in [2.24, 2.45) is 0 Å². The summed E-state index contributed by atoms with van der Waals surface area (Å²) in [5.74, 6) is -0.110. The third-order valence-corrected chi connectivity index (χ3v) is 3.67. The average molecular weight is 299 g/mol. The number of hydrogen-bond donors (Lipinski definition) is 2. The number of aromatic nitrogens is 2. The van der Waals surface area contributed by atoms with E-state index < -0.39 is 0 Å². The molecule has 1 aromatic carbocycles. The molecule has 0 saturated carbocycles. The molecule has 0 radical (unpaired) electrons. The monoisotopic (exact) mass is 299 g/mol. The van der Waals surface area contributed by atoms with Gasteiger partial charge >= 0.3 is 5.69 Å². The number of amides is 1. The maximum atomic E-state index is 12.1. The average Bonchev–Trinajstić information content (AvgIpc) is 3.07. The van der Waals surface area contributed by atoms with Crippen LogP contribution in [0.4, 0.5) is 0 Å². The van der Waals surface area contributed by atoms with Gasteiger partial charge < -0.3 is 15.0 Å². The van der Waals surface area contributed by atoms with Gasteiger partial charge in [-0.05, 0) is 30.5 Å². The first kappa shape index (κ1) is 14.5. The Morgan fingerprint density at radius 1 is 1.32 bits per heavy atom. The van der Waals surface area contributed by atoms with Crippen LogP contribution in [0.25, 0.3) is 11.1 Å². The Kier molecular flexibility index (Phi) is 4.29. The topological polar surface area (TPSA) is 84.1 Å². The highest BCUT2D eigenvalue weighted by molar-refractivity contribution is 5.94. The van der Waals surface area contributed by atoms with Crippen LogP contribution in [0.3, 0.4) is 0 Å². The van der Waals surface area contributed by atoms with E-state index >= 15 is 0 Å². The summed E-state index contributed by atoms with van der Waals surface area (Å²) < 4.78 is 5.48. The number of aromatic amines is 1. The molecule has 1 amide bonds. The van der Waals surface area contributed by atoms with Gasteiger partial charge in [-0.25, -0.2) is 9.78 Å². The lowest BCUT2D eigenvalue weighted by Gasteiger charge is -2.11. The van der Waals surface area contributed by atoms with Gasteiger partial charge in [-0.2, -0.15) is 0 Å². The van der Waals surface area contributed by atoms with E-state index in [1.54, 1.807) is 18.3 Å². The van der Waals surface area contributed by atoms with Gasteiger partial charge in [0.1, 0.15) is 0 Å². The van der Waals surface area contributed by atoms with E-state index in [0.29, 0.717) is 12.1 Å². The fourth-order valence-corrected chi connectivity index (χ4v) is 2.43.